The number of nitrogens with one attached hydrogen (secondary N) is 1. The normalized spacial score (nSPS) is 24.0. The minimum atomic E-state index is -1.05. The maximum Gasteiger partial charge on any atom is 0.407 e. The first-order valence-electron chi connectivity index (χ1n) is 8.64. The van der Waals surface area contributed by atoms with Crippen molar-refractivity contribution in [1.29, 1.82) is 0 Å². The van der Waals surface area contributed by atoms with Crippen LogP contribution in [0.25, 0.3) is 0 Å². The maximum atomic E-state index is 12.7. The molecule has 0 aliphatic carbocycles. The van der Waals surface area contributed by atoms with Gasteiger partial charge in [-0.1, -0.05) is 19.8 Å². The topological polar surface area (TPSA) is 90.0 Å². The molecule has 3 amide bonds. The van der Waals surface area contributed by atoms with Crippen LogP contribution in [0.4, 0.5) is 4.79 Å². The smallest absolute Gasteiger partial charge is 0.407 e. The summed E-state index contributed by atoms with van der Waals surface area (Å²) in [6.45, 7) is 3.67. The monoisotopic (exact) mass is 325 g/mol. The van der Waals surface area contributed by atoms with Gasteiger partial charge in [0.1, 0.15) is 12.1 Å². The summed E-state index contributed by atoms with van der Waals surface area (Å²) in [6.07, 6.45) is 4.75. The number of hydrogen-bond acceptors (Lipinski definition) is 3. The minimum Gasteiger partial charge on any atom is -0.465 e. The summed E-state index contributed by atoms with van der Waals surface area (Å²) in [5.74, 6) is -0.317. The predicted octanol–water partition coefficient (Wildman–Crippen LogP) is 1.43. The van der Waals surface area contributed by atoms with E-state index in [9.17, 15) is 19.5 Å². The maximum absolute atomic E-state index is 12.7. The molecule has 1 unspecified atom stereocenters. The van der Waals surface area contributed by atoms with Gasteiger partial charge in [0.25, 0.3) is 0 Å². The van der Waals surface area contributed by atoms with Gasteiger partial charge in [0.2, 0.25) is 11.8 Å². The van der Waals surface area contributed by atoms with E-state index in [1.165, 1.54) is 4.90 Å². The van der Waals surface area contributed by atoms with Crippen LogP contribution < -0.4 is 5.32 Å². The van der Waals surface area contributed by atoms with Gasteiger partial charge in [0, 0.05) is 19.6 Å². The van der Waals surface area contributed by atoms with E-state index in [1.54, 1.807) is 4.90 Å². The summed E-state index contributed by atoms with van der Waals surface area (Å²) in [7, 11) is 0. The largest absolute Gasteiger partial charge is 0.465 e. The lowest BCUT2D eigenvalue weighted by atomic mass is 10.1. The van der Waals surface area contributed by atoms with Gasteiger partial charge in [-0.15, -0.1) is 0 Å². The molecule has 2 aliphatic heterocycles. The standard InChI is InChI=1S/C16H27N3O4/c1-2-3-4-9-17-14(20)12-7-5-10-18(12)15(21)13-8-6-11-19(13)16(22)23/h12-13H,2-11H2,1H3,(H,17,20)(H,22,23)/t12-,13?/m0/s1. The number of amides is 3. The van der Waals surface area contributed by atoms with Gasteiger partial charge in [-0.25, -0.2) is 4.79 Å². The molecule has 7 nitrogen and oxygen atoms in total. The molecule has 0 spiro atoms. The fraction of sp³-hybridized carbons (Fsp3) is 0.812. The molecule has 2 aliphatic rings. The molecule has 0 saturated carbocycles. The summed E-state index contributed by atoms with van der Waals surface area (Å²) >= 11 is 0. The van der Waals surface area contributed by atoms with E-state index >= 15 is 0 Å². The van der Waals surface area contributed by atoms with Crippen molar-refractivity contribution in [3.63, 3.8) is 0 Å². The van der Waals surface area contributed by atoms with E-state index in [0.717, 1.165) is 25.7 Å². The Bertz CT molecular complexity index is 455. The molecule has 23 heavy (non-hydrogen) atoms. The van der Waals surface area contributed by atoms with Gasteiger partial charge >= 0.3 is 6.09 Å². The molecule has 2 N–H and O–H groups in total. The highest BCUT2D eigenvalue weighted by molar-refractivity contribution is 5.92. The third-order valence-corrected chi connectivity index (χ3v) is 4.70. The SMILES string of the molecule is CCCCCNC(=O)[C@@H]1CCCN1C(=O)C1CCCN1C(=O)O. The Kier molecular flexibility index (Phi) is 6.24. The Labute approximate surface area is 137 Å². The molecule has 0 radical (unpaired) electrons. The summed E-state index contributed by atoms with van der Waals surface area (Å²) in [5.41, 5.74) is 0. The number of carboxylic acid groups (broad SMARTS) is 1. The highest BCUT2D eigenvalue weighted by Crippen LogP contribution is 2.25. The highest BCUT2D eigenvalue weighted by atomic mass is 16.4. The molecule has 0 bridgehead atoms. The minimum absolute atomic E-state index is 0.105. The summed E-state index contributed by atoms with van der Waals surface area (Å²) in [5, 5.41) is 12.1. The molecule has 2 fully saturated rings. The van der Waals surface area contributed by atoms with Crippen molar-refractivity contribution in [1.82, 2.24) is 15.1 Å². The van der Waals surface area contributed by atoms with Crippen LogP contribution in [-0.4, -0.2) is 64.5 Å². The average Bonchev–Trinajstić information content (AvgIpc) is 3.19. The van der Waals surface area contributed by atoms with Crippen LogP contribution in [0.2, 0.25) is 0 Å². The van der Waals surface area contributed by atoms with Crippen LogP contribution >= 0.6 is 0 Å². The Morgan fingerprint density at radius 2 is 1.70 bits per heavy atom. The molecule has 2 heterocycles. The average molecular weight is 325 g/mol. The zero-order chi connectivity index (χ0) is 16.8. The second-order valence-corrected chi connectivity index (χ2v) is 6.32. The van der Waals surface area contributed by atoms with E-state index in [4.69, 9.17) is 0 Å². The second kappa shape index (κ2) is 8.17. The summed E-state index contributed by atoms with van der Waals surface area (Å²) in [4.78, 5) is 39.0. The molecule has 130 valence electrons. The van der Waals surface area contributed by atoms with E-state index in [1.807, 2.05) is 0 Å². The van der Waals surface area contributed by atoms with Gasteiger partial charge in [-0.3, -0.25) is 14.5 Å². The van der Waals surface area contributed by atoms with Crippen molar-refractivity contribution in [2.45, 2.75) is 64.0 Å². The lowest BCUT2D eigenvalue weighted by Gasteiger charge is -2.29. The third kappa shape index (κ3) is 4.14. The lowest BCUT2D eigenvalue weighted by molar-refractivity contribution is -0.141. The lowest BCUT2D eigenvalue weighted by Crippen LogP contribution is -2.52. The Morgan fingerprint density at radius 3 is 2.35 bits per heavy atom. The van der Waals surface area contributed by atoms with Gasteiger partial charge in [-0.2, -0.15) is 0 Å². The number of rotatable bonds is 6. The first-order chi connectivity index (χ1) is 11.1. The first-order valence-corrected chi connectivity index (χ1v) is 8.64. The highest BCUT2D eigenvalue weighted by Gasteiger charge is 2.41. The molecule has 0 aromatic heterocycles. The number of carbonyl (C=O) groups excluding carboxylic acids is 2. The number of unbranched alkanes of at least 4 members (excludes halogenated alkanes) is 2. The number of hydrogen-bond donors (Lipinski definition) is 2. The van der Waals surface area contributed by atoms with Crippen molar-refractivity contribution in [2.75, 3.05) is 19.6 Å². The van der Waals surface area contributed by atoms with E-state index in [-0.39, 0.29) is 11.8 Å². The van der Waals surface area contributed by atoms with Crippen LogP contribution in [0, 0.1) is 0 Å². The molecule has 7 heteroatoms. The molecular formula is C16H27N3O4. The zero-order valence-electron chi connectivity index (χ0n) is 13.8. The summed E-state index contributed by atoms with van der Waals surface area (Å²) in [6, 6.07) is -1.07. The van der Waals surface area contributed by atoms with Crippen LogP contribution in [0.15, 0.2) is 0 Å². The second-order valence-electron chi connectivity index (χ2n) is 6.32. The fourth-order valence-electron chi connectivity index (χ4n) is 3.45. The van der Waals surface area contributed by atoms with Crippen LogP contribution in [-0.2, 0) is 9.59 Å². The van der Waals surface area contributed by atoms with Crippen LogP contribution in [0.5, 0.6) is 0 Å². The summed E-state index contributed by atoms with van der Waals surface area (Å²) < 4.78 is 0. The van der Waals surface area contributed by atoms with E-state index < -0.39 is 18.2 Å². The number of carbonyl (C=O) groups is 3. The van der Waals surface area contributed by atoms with Gasteiger partial charge in [0.05, 0.1) is 0 Å². The molecule has 0 aromatic carbocycles. The van der Waals surface area contributed by atoms with Crippen LogP contribution in [0.1, 0.15) is 51.9 Å². The van der Waals surface area contributed by atoms with E-state index in [2.05, 4.69) is 12.2 Å². The van der Waals surface area contributed by atoms with Crippen molar-refractivity contribution < 1.29 is 19.5 Å². The Balaban J connectivity index is 1.93. The van der Waals surface area contributed by atoms with Crippen molar-refractivity contribution >= 4 is 17.9 Å². The molecule has 2 rings (SSSR count). The Morgan fingerprint density at radius 1 is 1.04 bits per heavy atom. The molecule has 0 aromatic rings. The van der Waals surface area contributed by atoms with E-state index in [0.29, 0.717) is 38.9 Å². The molecular weight excluding hydrogens is 298 g/mol. The number of nitrogens with zero attached hydrogens (tertiary/aromatic N) is 2. The van der Waals surface area contributed by atoms with Gasteiger partial charge in [-0.05, 0) is 32.1 Å². The third-order valence-electron chi connectivity index (χ3n) is 4.70. The van der Waals surface area contributed by atoms with Crippen molar-refractivity contribution in [3.05, 3.63) is 0 Å². The van der Waals surface area contributed by atoms with Gasteiger partial charge in [0.15, 0.2) is 0 Å². The quantitative estimate of drug-likeness (QED) is 0.723. The van der Waals surface area contributed by atoms with Crippen molar-refractivity contribution in [3.8, 4) is 0 Å². The van der Waals surface area contributed by atoms with Crippen LogP contribution in [0.3, 0.4) is 0 Å². The number of likely N-dealkylation sites (tertiary alicyclic amines) is 2. The predicted molar refractivity (Wildman–Crippen MR) is 85.0 cm³/mol. The fourth-order valence-corrected chi connectivity index (χ4v) is 3.45. The van der Waals surface area contributed by atoms with Crippen molar-refractivity contribution in [2.24, 2.45) is 0 Å². The molecule has 2 atom stereocenters. The first kappa shape index (κ1) is 17.6. The van der Waals surface area contributed by atoms with Gasteiger partial charge < -0.3 is 15.3 Å². The Hall–Kier alpha value is -1.79. The zero-order valence-corrected chi connectivity index (χ0v) is 13.8. The molecule has 2 saturated heterocycles.